The fraction of sp³-hybridized carbons (Fsp3) is 0.269. The Bertz CT molecular complexity index is 1530. The maximum atomic E-state index is 13.7. The molecule has 10 heteroatoms. The fourth-order valence-corrected chi connectivity index (χ4v) is 5.04. The van der Waals surface area contributed by atoms with Crippen LogP contribution in [0.15, 0.2) is 69.6 Å². The molecule has 0 bridgehead atoms. The highest BCUT2D eigenvalue weighted by atomic mass is 32.1. The molecule has 0 fully saturated rings. The number of thiazole rings is 1. The van der Waals surface area contributed by atoms with Crippen LogP contribution in [0.3, 0.4) is 0 Å². The number of carbonyl (C=O) groups is 1. The van der Waals surface area contributed by atoms with Crippen LogP contribution in [0.5, 0.6) is 5.75 Å². The Labute approximate surface area is 210 Å². The number of nitrogens with zero attached hydrogens (tertiary/aromatic N) is 3. The van der Waals surface area contributed by atoms with Gasteiger partial charge in [-0.15, -0.1) is 0 Å². The van der Waals surface area contributed by atoms with Gasteiger partial charge in [0.05, 0.1) is 45.0 Å². The summed E-state index contributed by atoms with van der Waals surface area (Å²) < 4.78 is 12.8. The Hall–Kier alpha value is -4.05. The van der Waals surface area contributed by atoms with Crippen LogP contribution in [0.4, 0.5) is 5.69 Å². The van der Waals surface area contributed by atoms with E-state index >= 15 is 0 Å². The molecule has 1 aliphatic heterocycles. The van der Waals surface area contributed by atoms with E-state index in [0.717, 1.165) is 11.3 Å². The van der Waals surface area contributed by atoms with E-state index in [9.17, 15) is 19.7 Å². The third-order valence-corrected chi connectivity index (χ3v) is 6.49. The molecule has 0 spiro atoms. The highest BCUT2D eigenvalue weighted by Gasteiger charge is 2.33. The maximum absolute atomic E-state index is 13.7. The Morgan fingerprint density at radius 1 is 1.22 bits per heavy atom. The van der Waals surface area contributed by atoms with E-state index in [-0.39, 0.29) is 21.9 Å². The van der Waals surface area contributed by atoms with Crippen LogP contribution in [0, 0.1) is 10.1 Å². The molecule has 0 saturated heterocycles. The molecule has 186 valence electrons. The van der Waals surface area contributed by atoms with Crippen molar-refractivity contribution < 1.29 is 19.2 Å². The van der Waals surface area contributed by atoms with E-state index in [0.29, 0.717) is 34.0 Å². The summed E-state index contributed by atoms with van der Waals surface area (Å²) in [4.78, 5) is 42.7. The number of ether oxygens (including phenoxy) is 2. The second kappa shape index (κ2) is 10.3. The minimum absolute atomic E-state index is 0.108. The summed E-state index contributed by atoms with van der Waals surface area (Å²) in [5.74, 6) is 0.107. The zero-order valence-electron chi connectivity index (χ0n) is 20.3. The van der Waals surface area contributed by atoms with Crippen molar-refractivity contribution in [1.29, 1.82) is 0 Å². The minimum atomic E-state index is -0.781. The molecule has 0 amide bonds. The smallest absolute Gasteiger partial charge is 0.338 e. The zero-order chi connectivity index (χ0) is 26.0. The molecular formula is C26H25N3O6S. The lowest BCUT2D eigenvalue weighted by Crippen LogP contribution is -2.40. The lowest BCUT2D eigenvalue weighted by Gasteiger charge is -2.25. The molecule has 3 aromatic rings. The number of benzene rings is 2. The molecule has 1 aromatic heterocycles. The van der Waals surface area contributed by atoms with Crippen molar-refractivity contribution in [3.8, 4) is 5.75 Å². The Balaban J connectivity index is 1.94. The van der Waals surface area contributed by atoms with E-state index in [1.165, 1.54) is 16.7 Å². The van der Waals surface area contributed by atoms with Gasteiger partial charge in [-0.1, -0.05) is 35.6 Å². The van der Waals surface area contributed by atoms with Gasteiger partial charge >= 0.3 is 5.97 Å². The zero-order valence-corrected chi connectivity index (χ0v) is 21.1. The van der Waals surface area contributed by atoms with Crippen LogP contribution < -0.4 is 19.6 Å². The molecule has 0 aliphatic carbocycles. The molecular weight excluding hydrogens is 482 g/mol. The quantitative estimate of drug-likeness (QED) is 0.275. The van der Waals surface area contributed by atoms with Crippen molar-refractivity contribution in [1.82, 2.24) is 4.57 Å². The number of esters is 1. The average Bonchev–Trinajstić information content (AvgIpc) is 3.13. The number of hydrogen-bond acceptors (Lipinski definition) is 8. The van der Waals surface area contributed by atoms with Gasteiger partial charge in [0.2, 0.25) is 0 Å². The van der Waals surface area contributed by atoms with Crippen molar-refractivity contribution in [3.63, 3.8) is 0 Å². The van der Waals surface area contributed by atoms with E-state index in [2.05, 4.69) is 4.99 Å². The number of hydrogen-bond donors (Lipinski definition) is 0. The molecule has 2 heterocycles. The first-order valence-corrected chi connectivity index (χ1v) is 12.2. The largest absolute Gasteiger partial charge is 0.494 e. The van der Waals surface area contributed by atoms with Crippen LogP contribution in [-0.4, -0.2) is 28.2 Å². The van der Waals surface area contributed by atoms with Gasteiger partial charge in [0.15, 0.2) is 4.80 Å². The second-order valence-electron chi connectivity index (χ2n) is 8.35. The number of nitro benzene ring substituents is 1. The number of rotatable bonds is 7. The summed E-state index contributed by atoms with van der Waals surface area (Å²) in [6, 6.07) is 12.6. The van der Waals surface area contributed by atoms with E-state index in [1.807, 2.05) is 6.92 Å². The van der Waals surface area contributed by atoms with Crippen LogP contribution in [-0.2, 0) is 9.53 Å². The Kier molecular flexibility index (Phi) is 7.16. The topological polar surface area (TPSA) is 113 Å². The highest BCUT2D eigenvalue weighted by Crippen LogP contribution is 2.32. The van der Waals surface area contributed by atoms with Gasteiger partial charge in [-0.25, -0.2) is 9.79 Å². The average molecular weight is 508 g/mol. The van der Waals surface area contributed by atoms with Crippen molar-refractivity contribution in [2.45, 2.75) is 39.8 Å². The summed E-state index contributed by atoms with van der Waals surface area (Å²) in [6.45, 7) is 7.60. The van der Waals surface area contributed by atoms with Crippen LogP contribution in [0.1, 0.15) is 44.9 Å². The van der Waals surface area contributed by atoms with E-state index in [4.69, 9.17) is 9.47 Å². The number of carbonyl (C=O) groups excluding carboxylic acids is 1. The molecule has 1 atom stereocenters. The molecule has 9 nitrogen and oxygen atoms in total. The Morgan fingerprint density at radius 3 is 2.56 bits per heavy atom. The lowest BCUT2D eigenvalue weighted by molar-refractivity contribution is -0.385. The number of aromatic nitrogens is 1. The fourth-order valence-electron chi connectivity index (χ4n) is 4.01. The minimum Gasteiger partial charge on any atom is -0.494 e. The van der Waals surface area contributed by atoms with Crippen molar-refractivity contribution in [2.75, 3.05) is 6.61 Å². The number of nitro groups is 1. The third kappa shape index (κ3) is 4.85. The first-order chi connectivity index (χ1) is 17.2. The molecule has 1 unspecified atom stereocenters. The van der Waals surface area contributed by atoms with Crippen molar-refractivity contribution >= 4 is 29.1 Å². The molecule has 4 rings (SSSR count). The number of fused-ring (bicyclic) bond motifs is 1. The van der Waals surface area contributed by atoms with Gasteiger partial charge < -0.3 is 9.47 Å². The predicted molar refractivity (Wildman–Crippen MR) is 136 cm³/mol. The standard InChI is InChI=1S/C26H25N3O6S/c1-5-34-19-12-10-17(11-13-19)23-22(25(31)35-15(2)3)16(4)27-26-28(23)24(30)21(36-26)14-18-8-6-7-9-20(18)29(32)33/h6-15,23H,5H2,1-4H3/b21-14-. The summed E-state index contributed by atoms with van der Waals surface area (Å²) in [5, 5.41) is 11.5. The summed E-state index contributed by atoms with van der Waals surface area (Å²) >= 11 is 1.11. The van der Waals surface area contributed by atoms with Crippen LogP contribution in [0.2, 0.25) is 0 Å². The second-order valence-corrected chi connectivity index (χ2v) is 9.36. The highest BCUT2D eigenvalue weighted by molar-refractivity contribution is 7.07. The SMILES string of the molecule is CCOc1ccc(C2C(C(=O)OC(C)C)=C(C)N=c3s/c(=C\c4ccccc4[N+](=O)[O-])c(=O)n32)cc1. The Morgan fingerprint density at radius 2 is 1.92 bits per heavy atom. The normalized spacial score (nSPS) is 15.5. The van der Waals surface area contributed by atoms with Gasteiger partial charge in [-0.3, -0.25) is 19.5 Å². The monoisotopic (exact) mass is 507 g/mol. The first kappa shape index (κ1) is 25.1. The van der Waals surface area contributed by atoms with Gasteiger partial charge in [0, 0.05) is 6.07 Å². The molecule has 0 N–H and O–H groups in total. The molecule has 0 saturated carbocycles. The molecule has 2 aromatic carbocycles. The maximum Gasteiger partial charge on any atom is 0.338 e. The molecule has 1 aliphatic rings. The predicted octanol–water partition coefficient (Wildman–Crippen LogP) is 3.49. The third-order valence-electron chi connectivity index (χ3n) is 5.51. The first-order valence-electron chi connectivity index (χ1n) is 11.4. The van der Waals surface area contributed by atoms with Crippen LogP contribution >= 0.6 is 11.3 Å². The lowest BCUT2D eigenvalue weighted by atomic mass is 9.96. The number of allylic oxidation sites excluding steroid dienone is 1. The van der Waals surface area contributed by atoms with E-state index in [1.54, 1.807) is 63.2 Å². The van der Waals surface area contributed by atoms with E-state index < -0.39 is 22.5 Å². The van der Waals surface area contributed by atoms with Crippen molar-refractivity contribution in [2.24, 2.45) is 4.99 Å². The molecule has 36 heavy (non-hydrogen) atoms. The summed E-state index contributed by atoms with van der Waals surface area (Å²) in [6.07, 6.45) is 1.13. The number of para-hydroxylation sites is 1. The van der Waals surface area contributed by atoms with Gasteiger partial charge in [-0.05, 0) is 57.5 Å². The van der Waals surface area contributed by atoms with Crippen LogP contribution in [0.25, 0.3) is 6.08 Å². The summed E-state index contributed by atoms with van der Waals surface area (Å²) in [7, 11) is 0. The van der Waals surface area contributed by atoms with Gasteiger partial charge in [0.25, 0.3) is 11.2 Å². The molecule has 0 radical (unpaired) electrons. The van der Waals surface area contributed by atoms with Crippen molar-refractivity contribution in [3.05, 3.63) is 101 Å². The van der Waals surface area contributed by atoms with Gasteiger partial charge in [-0.2, -0.15) is 0 Å². The summed E-state index contributed by atoms with van der Waals surface area (Å²) in [5.41, 5.74) is 1.18. The van der Waals surface area contributed by atoms with Gasteiger partial charge in [0.1, 0.15) is 5.75 Å².